The molecule has 1 heterocycles. The molecular weight excluding hydrogens is 288 g/mol. The van der Waals surface area contributed by atoms with E-state index in [1.54, 1.807) is 7.11 Å². The van der Waals surface area contributed by atoms with Crippen molar-refractivity contribution in [2.24, 2.45) is 5.73 Å². The number of hydrogen-bond donors (Lipinski definition) is 1. The molecule has 0 aromatic heterocycles. The molecule has 0 amide bonds. The van der Waals surface area contributed by atoms with Crippen molar-refractivity contribution >= 4 is 11.6 Å². The molecule has 0 saturated carbocycles. The van der Waals surface area contributed by atoms with Crippen LogP contribution in [0.4, 0.5) is 0 Å². The third-order valence-electron chi connectivity index (χ3n) is 4.65. The Labute approximate surface area is 132 Å². The first-order valence-electron chi connectivity index (χ1n) is 7.44. The molecule has 0 aliphatic carbocycles. The number of nitrogens with two attached hydrogens (primary N) is 1. The molecule has 2 atom stereocenters. The molecule has 4 nitrogen and oxygen atoms in total. The van der Waals surface area contributed by atoms with E-state index in [-0.39, 0.29) is 11.6 Å². The van der Waals surface area contributed by atoms with Crippen molar-refractivity contribution in [3.63, 3.8) is 0 Å². The van der Waals surface area contributed by atoms with Gasteiger partial charge in [0.1, 0.15) is 5.75 Å². The molecule has 1 aliphatic heterocycles. The van der Waals surface area contributed by atoms with Crippen LogP contribution in [0.2, 0.25) is 5.02 Å². The second-order valence-electron chi connectivity index (χ2n) is 5.67. The second-order valence-corrected chi connectivity index (χ2v) is 6.11. The van der Waals surface area contributed by atoms with Gasteiger partial charge in [0.15, 0.2) is 0 Å². The van der Waals surface area contributed by atoms with Crippen LogP contribution < -0.4 is 10.5 Å². The van der Waals surface area contributed by atoms with E-state index in [2.05, 4.69) is 18.7 Å². The summed E-state index contributed by atoms with van der Waals surface area (Å²) >= 11 is 6.15. The first kappa shape index (κ1) is 16.6. The van der Waals surface area contributed by atoms with Crippen LogP contribution in [0, 0.1) is 0 Å². The highest BCUT2D eigenvalue weighted by molar-refractivity contribution is 6.30. The van der Waals surface area contributed by atoms with Crippen LogP contribution in [0.1, 0.15) is 31.9 Å². The van der Waals surface area contributed by atoms with Gasteiger partial charge in [-0.15, -0.1) is 0 Å². The molecule has 118 valence electrons. The first-order valence-corrected chi connectivity index (χ1v) is 7.82. The van der Waals surface area contributed by atoms with Gasteiger partial charge in [-0.25, -0.2) is 0 Å². The number of nitrogens with zero attached hydrogens (tertiary/aromatic N) is 1. The minimum atomic E-state index is -0.172. The first-order chi connectivity index (χ1) is 10.0. The van der Waals surface area contributed by atoms with E-state index in [0.29, 0.717) is 5.02 Å². The fourth-order valence-electron chi connectivity index (χ4n) is 3.00. The van der Waals surface area contributed by atoms with Crippen LogP contribution in [-0.2, 0) is 4.74 Å². The molecule has 1 saturated heterocycles. The van der Waals surface area contributed by atoms with Gasteiger partial charge in [0.25, 0.3) is 0 Å². The Morgan fingerprint density at radius 2 is 2.10 bits per heavy atom. The lowest BCUT2D eigenvalue weighted by Crippen LogP contribution is -2.56. The van der Waals surface area contributed by atoms with Gasteiger partial charge >= 0.3 is 0 Å². The van der Waals surface area contributed by atoms with Crippen LogP contribution in [0.3, 0.4) is 0 Å². The van der Waals surface area contributed by atoms with Gasteiger partial charge in [-0.2, -0.15) is 0 Å². The van der Waals surface area contributed by atoms with Crippen molar-refractivity contribution in [2.75, 3.05) is 33.4 Å². The lowest BCUT2D eigenvalue weighted by molar-refractivity contribution is -0.0280. The SMILES string of the molecule is CCC(C)(C(N)c1cc(Cl)ccc1OC)N1CCOCC1. The lowest BCUT2D eigenvalue weighted by atomic mass is 9.83. The zero-order valence-electron chi connectivity index (χ0n) is 13.1. The fourth-order valence-corrected chi connectivity index (χ4v) is 3.18. The van der Waals surface area contributed by atoms with Crippen LogP contribution in [-0.4, -0.2) is 43.9 Å². The van der Waals surface area contributed by atoms with E-state index in [1.165, 1.54) is 0 Å². The maximum atomic E-state index is 6.64. The van der Waals surface area contributed by atoms with Crippen molar-refractivity contribution in [1.82, 2.24) is 4.90 Å². The number of halogens is 1. The van der Waals surface area contributed by atoms with Crippen molar-refractivity contribution in [1.29, 1.82) is 0 Å². The van der Waals surface area contributed by atoms with Gasteiger partial charge in [-0.3, -0.25) is 4.90 Å². The highest BCUT2D eigenvalue weighted by Crippen LogP contribution is 2.38. The number of benzene rings is 1. The van der Waals surface area contributed by atoms with Gasteiger partial charge in [-0.1, -0.05) is 18.5 Å². The monoisotopic (exact) mass is 312 g/mol. The standard InChI is InChI=1S/C16H25ClN2O2/c1-4-16(2,19-7-9-21-10-8-19)15(18)13-11-12(17)5-6-14(13)20-3/h5-6,11,15H,4,7-10,18H2,1-3H3. The van der Waals surface area contributed by atoms with Crippen LogP contribution >= 0.6 is 11.6 Å². The predicted molar refractivity (Wildman–Crippen MR) is 86.0 cm³/mol. The van der Waals surface area contributed by atoms with Crippen LogP contribution in [0.5, 0.6) is 5.75 Å². The van der Waals surface area contributed by atoms with Crippen molar-refractivity contribution < 1.29 is 9.47 Å². The molecule has 2 N–H and O–H groups in total. The molecule has 0 bridgehead atoms. The summed E-state index contributed by atoms with van der Waals surface area (Å²) in [4.78, 5) is 2.42. The average molecular weight is 313 g/mol. The minimum absolute atomic E-state index is 0.151. The van der Waals surface area contributed by atoms with E-state index in [4.69, 9.17) is 26.8 Å². The molecule has 2 unspecified atom stereocenters. The molecule has 1 aromatic carbocycles. The van der Waals surface area contributed by atoms with E-state index in [0.717, 1.165) is 44.0 Å². The Balaban J connectivity index is 2.34. The van der Waals surface area contributed by atoms with Gasteiger partial charge < -0.3 is 15.2 Å². The largest absolute Gasteiger partial charge is 0.496 e. The molecule has 2 rings (SSSR count). The molecule has 1 aromatic rings. The zero-order chi connectivity index (χ0) is 15.5. The summed E-state index contributed by atoms with van der Waals surface area (Å²) in [6.45, 7) is 7.71. The summed E-state index contributed by atoms with van der Waals surface area (Å²) in [6.07, 6.45) is 0.948. The normalized spacial score (nSPS) is 20.8. The summed E-state index contributed by atoms with van der Waals surface area (Å²) in [6, 6.07) is 5.45. The highest BCUT2D eigenvalue weighted by atomic mass is 35.5. The van der Waals surface area contributed by atoms with Crippen molar-refractivity contribution in [2.45, 2.75) is 31.8 Å². The summed E-state index contributed by atoms with van der Waals surface area (Å²) in [5.74, 6) is 0.792. The molecule has 5 heteroatoms. The Morgan fingerprint density at radius 1 is 1.43 bits per heavy atom. The summed E-state index contributed by atoms with van der Waals surface area (Å²) < 4.78 is 10.9. The fraction of sp³-hybridized carbons (Fsp3) is 0.625. The van der Waals surface area contributed by atoms with E-state index < -0.39 is 0 Å². The maximum Gasteiger partial charge on any atom is 0.123 e. The van der Waals surface area contributed by atoms with Crippen molar-refractivity contribution in [3.05, 3.63) is 28.8 Å². The Hall–Kier alpha value is -0.810. The molecule has 0 spiro atoms. The Kier molecular flexibility index (Phi) is 5.49. The quantitative estimate of drug-likeness (QED) is 0.908. The topological polar surface area (TPSA) is 47.7 Å². The van der Waals surface area contributed by atoms with Crippen molar-refractivity contribution in [3.8, 4) is 5.75 Å². The van der Waals surface area contributed by atoms with E-state index in [1.807, 2.05) is 18.2 Å². The van der Waals surface area contributed by atoms with Crippen LogP contribution in [0.25, 0.3) is 0 Å². The summed E-state index contributed by atoms with van der Waals surface area (Å²) in [5, 5.41) is 0.682. The van der Waals surface area contributed by atoms with Gasteiger partial charge in [0.2, 0.25) is 0 Å². The second kappa shape index (κ2) is 6.97. The minimum Gasteiger partial charge on any atom is -0.496 e. The summed E-state index contributed by atoms with van der Waals surface area (Å²) in [7, 11) is 1.66. The predicted octanol–water partition coefficient (Wildman–Crippen LogP) is 2.85. The Morgan fingerprint density at radius 3 is 2.67 bits per heavy atom. The number of methoxy groups -OCH3 is 1. The number of morpholine rings is 1. The van der Waals surface area contributed by atoms with E-state index >= 15 is 0 Å². The molecule has 1 aliphatic rings. The van der Waals surface area contributed by atoms with Crippen LogP contribution in [0.15, 0.2) is 18.2 Å². The maximum absolute atomic E-state index is 6.64. The third kappa shape index (κ3) is 3.34. The highest BCUT2D eigenvalue weighted by Gasteiger charge is 2.39. The van der Waals surface area contributed by atoms with Gasteiger partial charge in [0, 0.05) is 29.2 Å². The average Bonchev–Trinajstić information content (AvgIpc) is 2.54. The molecule has 1 fully saturated rings. The third-order valence-corrected chi connectivity index (χ3v) is 4.88. The molecule has 21 heavy (non-hydrogen) atoms. The smallest absolute Gasteiger partial charge is 0.123 e. The number of hydrogen-bond acceptors (Lipinski definition) is 4. The summed E-state index contributed by atoms with van der Waals surface area (Å²) in [5.41, 5.74) is 7.45. The zero-order valence-corrected chi connectivity index (χ0v) is 13.8. The molecular formula is C16H25ClN2O2. The lowest BCUT2D eigenvalue weighted by Gasteiger charge is -2.46. The van der Waals surface area contributed by atoms with E-state index in [9.17, 15) is 0 Å². The number of rotatable bonds is 5. The number of ether oxygens (including phenoxy) is 2. The van der Waals surface area contributed by atoms with Gasteiger partial charge in [0.05, 0.1) is 26.4 Å². The molecule has 0 radical (unpaired) electrons. The Bertz CT molecular complexity index is 477. The van der Waals surface area contributed by atoms with Gasteiger partial charge in [-0.05, 0) is 31.5 Å².